The van der Waals surface area contributed by atoms with Crippen molar-refractivity contribution in [3.05, 3.63) is 60.7 Å². The number of hydrogen-bond acceptors (Lipinski definition) is 2. The minimum atomic E-state index is -0.629. The standard InChI is InChI=1S/C12H10.C8H20O2Si/c1-3-7-11(8-4-1)12-9-5-2-6-10-12;1-3-5-7-9-11-10-8-6-4-2/h1-10H;3-8,11H2,1-2H3. The molecule has 0 fully saturated rings. The molecule has 0 heterocycles. The molecule has 23 heavy (non-hydrogen) atoms. The van der Waals surface area contributed by atoms with Crippen molar-refractivity contribution in [2.75, 3.05) is 13.2 Å². The highest BCUT2D eigenvalue weighted by atomic mass is 28.3. The molecule has 0 N–H and O–H groups in total. The Kier molecular flexibility index (Phi) is 12.1. The third-order valence-electron chi connectivity index (χ3n) is 3.33. The quantitative estimate of drug-likeness (QED) is 0.477. The Morgan fingerprint density at radius 2 is 1.04 bits per heavy atom. The number of rotatable bonds is 9. The molecule has 2 rings (SSSR count). The number of unbranched alkanes of at least 4 members (excludes halogenated alkanes) is 2. The molecule has 0 atom stereocenters. The largest absolute Gasteiger partial charge is 0.399 e. The van der Waals surface area contributed by atoms with E-state index in [1.165, 1.54) is 36.8 Å². The Morgan fingerprint density at radius 3 is 1.39 bits per heavy atom. The van der Waals surface area contributed by atoms with Crippen molar-refractivity contribution in [3.63, 3.8) is 0 Å². The molecule has 2 nitrogen and oxygen atoms in total. The number of benzene rings is 2. The molecule has 126 valence electrons. The van der Waals surface area contributed by atoms with E-state index >= 15 is 0 Å². The van der Waals surface area contributed by atoms with Crippen LogP contribution in [-0.4, -0.2) is 23.2 Å². The SMILES string of the molecule is CCCCO[SiH2]OCCCC.c1ccc(-c2ccccc2)cc1. The first-order valence-corrected chi connectivity index (χ1v) is 9.79. The van der Waals surface area contributed by atoms with Crippen molar-refractivity contribution in [2.45, 2.75) is 39.5 Å². The molecule has 0 aliphatic heterocycles. The van der Waals surface area contributed by atoms with Gasteiger partial charge in [-0.25, -0.2) is 0 Å². The van der Waals surface area contributed by atoms with Gasteiger partial charge in [-0.05, 0) is 24.0 Å². The first-order chi connectivity index (χ1) is 11.4. The molecule has 2 aromatic carbocycles. The zero-order chi connectivity index (χ0) is 16.6. The third kappa shape index (κ3) is 10.1. The predicted octanol–water partition coefficient (Wildman–Crippen LogP) is 4.97. The fraction of sp³-hybridized carbons (Fsp3) is 0.400. The van der Waals surface area contributed by atoms with Crippen LogP contribution in [0.15, 0.2) is 60.7 Å². The van der Waals surface area contributed by atoms with Gasteiger partial charge in [-0.3, -0.25) is 0 Å². The lowest BCUT2D eigenvalue weighted by Crippen LogP contribution is -2.06. The minimum absolute atomic E-state index is 0.629. The van der Waals surface area contributed by atoms with E-state index in [1.54, 1.807) is 0 Å². The maximum atomic E-state index is 5.34. The van der Waals surface area contributed by atoms with Gasteiger partial charge >= 0.3 is 10.0 Å². The molecule has 2 aromatic rings. The Labute approximate surface area is 143 Å². The summed E-state index contributed by atoms with van der Waals surface area (Å²) in [5.41, 5.74) is 2.55. The molecule has 0 aliphatic carbocycles. The van der Waals surface area contributed by atoms with Gasteiger partial charge in [0.25, 0.3) is 0 Å². The first kappa shape index (κ1) is 19.6. The van der Waals surface area contributed by atoms with E-state index in [1.807, 2.05) is 12.1 Å². The summed E-state index contributed by atoms with van der Waals surface area (Å²) < 4.78 is 10.7. The van der Waals surface area contributed by atoms with E-state index < -0.39 is 10.0 Å². The zero-order valence-corrected chi connectivity index (χ0v) is 16.0. The lowest BCUT2D eigenvalue weighted by molar-refractivity contribution is 0.216. The van der Waals surface area contributed by atoms with Gasteiger partial charge in [-0.2, -0.15) is 0 Å². The van der Waals surface area contributed by atoms with Gasteiger partial charge in [0.2, 0.25) is 0 Å². The van der Waals surface area contributed by atoms with Crippen LogP contribution in [0.1, 0.15) is 39.5 Å². The molecule has 0 spiro atoms. The Morgan fingerprint density at radius 1 is 0.652 bits per heavy atom. The fourth-order valence-corrected chi connectivity index (χ4v) is 2.69. The van der Waals surface area contributed by atoms with E-state index in [0.29, 0.717) is 0 Å². The van der Waals surface area contributed by atoms with Gasteiger partial charge in [0.1, 0.15) is 0 Å². The van der Waals surface area contributed by atoms with E-state index in [0.717, 1.165) is 13.2 Å². The average molecular weight is 331 g/mol. The summed E-state index contributed by atoms with van der Waals surface area (Å²) in [5.74, 6) is 0. The summed E-state index contributed by atoms with van der Waals surface area (Å²) in [4.78, 5) is 0. The molecule has 0 saturated heterocycles. The topological polar surface area (TPSA) is 18.5 Å². The van der Waals surface area contributed by atoms with Gasteiger partial charge in [0.15, 0.2) is 0 Å². The second-order valence-electron chi connectivity index (χ2n) is 5.37. The number of hydrogen-bond donors (Lipinski definition) is 0. The molecule has 0 radical (unpaired) electrons. The summed E-state index contributed by atoms with van der Waals surface area (Å²) >= 11 is 0. The highest BCUT2D eigenvalue weighted by molar-refractivity contribution is 6.17. The third-order valence-corrected chi connectivity index (χ3v) is 4.24. The molecule has 0 unspecified atom stereocenters. The van der Waals surface area contributed by atoms with E-state index in [4.69, 9.17) is 8.85 Å². The van der Waals surface area contributed by atoms with Crippen molar-refractivity contribution in [3.8, 4) is 11.1 Å². The average Bonchev–Trinajstić information content (AvgIpc) is 2.63. The molecular weight excluding hydrogens is 300 g/mol. The molecule has 0 bridgehead atoms. The smallest absolute Gasteiger partial charge is 0.304 e. The molecule has 0 aliphatic rings. The van der Waals surface area contributed by atoms with Crippen LogP contribution in [0.4, 0.5) is 0 Å². The molecule has 3 heteroatoms. The van der Waals surface area contributed by atoms with Crippen molar-refractivity contribution < 1.29 is 8.85 Å². The monoisotopic (exact) mass is 330 g/mol. The first-order valence-electron chi connectivity index (χ1n) is 8.64. The maximum Gasteiger partial charge on any atom is 0.304 e. The summed E-state index contributed by atoms with van der Waals surface area (Å²) in [5, 5.41) is 0. The summed E-state index contributed by atoms with van der Waals surface area (Å²) in [6.07, 6.45) is 4.76. The van der Waals surface area contributed by atoms with Crippen molar-refractivity contribution in [1.82, 2.24) is 0 Å². The lowest BCUT2D eigenvalue weighted by atomic mass is 10.1. The van der Waals surface area contributed by atoms with Gasteiger partial charge in [-0.15, -0.1) is 0 Å². The van der Waals surface area contributed by atoms with Crippen LogP contribution in [0.3, 0.4) is 0 Å². The van der Waals surface area contributed by atoms with Crippen molar-refractivity contribution in [2.24, 2.45) is 0 Å². The zero-order valence-electron chi connectivity index (χ0n) is 14.5. The lowest BCUT2D eigenvalue weighted by Gasteiger charge is -2.03. The van der Waals surface area contributed by atoms with Crippen LogP contribution in [-0.2, 0) is 8.85 Å². The maximum absolute atomic E-state index is 5.34. The van der Waals surface area contributed by atoms with Crippen LogP contribution in [0, 0.1) is 0 Å². The van der Waals surface area contributed by atoms with Crippen molar-refractivity contribution >= 4 is 10.0 Å². The van der Waals surface area contributed by atoms with Gasteiger partial charge < -0.3 is 8.85 Å². The predicted molar refractivity (Wildman–Crippen MR) is 102 cm³/mol. The second-order valence-corrected chi connectivity index (χ2v) is 6.43. The van der Waals surface area contributed by atoms with Gasteiger partial charge in [-0.1, -0.05) is 87.4 Å². The van der Waals surface area contributed by atoms with Crippen LogP contribution in [0.2, 0.25) is 0 Å². The Bertz CT molecular complexity index is 428. The van der Waals surface area contributed by atoms with Crippen molar-refractivity contribution in [1.29, 1.82) is 0 Å². The fourth-order valence-electron chi connectivity index (χ4n) is 1.93. The van der Waals surface area contributed by atoms with E-state index in [-0.39, 0.29) is 0 Å². The molecular formula is C20H30O2Si. The molecule has 0 aromatic heterocycles. The Hall–Kier alpha value is -1.42. The summed E-state index contributed by atoms with van der Waals surface area (Å²) in [7, 11) is -0.629. The van der Waals surface area contributed by atoms with Crippen LogP contribution < -0.4 is 0 Å². The van der Waals surface area contributed by atoms with Crippen LogP contribution in [0.5, 0.6) is 0 Å². The van der Waals surface area contributed by atoms with Gasteiger partial charge in [0, 0.05) is 13.2 Å². The minimum Gasteiger partial charge on any atom is -0.399 e. The molecule has 0 amide bonds. The highest BCUT2D eigenvalue weighted by Crippen LogP contribution is 2.17. The molecule has 0 saturated carbocycles. The van der Waals surface area contributed by atoms with E-state index in [9.17, 15) is 0 Å². The summed E-state index contributed by atoms with van der Waals surface area (Å²) in [6.45, 7) is 6.13. The summed E-state index contributed by atoms with van der Waals surface area (Å²) in [6, 6.07) is 20.8. The van der Waals surface area contributed by atoms with Gasteiger partial charge in [0.05, 0.1) is 0 Å². The van der Waals surface area contributed by atoms with Crippen LogP contribution in [0.25, 0.3) is 11.1 Å². The Balaban J connectivity index is 0.000000232. The second kappa shape index (κ2) is 14.2. The van der Waals surface area contributed by atoms with Crippen LogP contribution >= 0.6 is 0 Å². The normalized spacial score (nSPS) is 10.0. The van der Waals surface area contributed by atoms with E-state index in [2.05, 4.69) is 62.4 Å². The highest BCUT2D eigenvalue weighted by Gasteiger charge is 1.92.